The number of nitrogens with one attached hydrogen (secondary N) is 1. The van der Waals surface area contributed by atoms with Crippen LogP contribution in [-0.2, 0) is 4.79 Å². The summed E-state index contributed by atoms with van der Waals surface area (Å²) in [6, 6.07) is 2.19. The summed E-state index contributed by atoms with van der Waals surface area (Å²) in [5.41, 5.74) is 8.72. The van der Waals surface area contributed by atoms with Gasteiger partial charge in [-0.3, -0.25) is 9.59 Å². The third-order valence-corrected chi connectivity index (χ3v) is 9.18. The molecule has 8 nitrogen and oxygen atoms in total. The lowest BCUT2D eigenvalue weighted by molar-refractivity contribution is -0.123. The van der Waals surface area contributed by atoms with Gasteiger partial charge in [0, 0.05) is 53.6 Å². The van der Waals surface area contributed by atoms with Crippen molar-refractivity contribution in [2.75, 3.05) is 32.0 Å². The van der Waals surface area contributed by atoms with Crippen LogP contribution in [0.3, 0.4) is 0 Å². The predicted octanol–water partition coefficient (Wildman–Crippen LogP) is 4.07. The molecule has 3 unspecified atom stereocenters. The van der Waals surface area contributed by atoms with Crippen LogP contribution in [0.15, 0.2) is 28.5 Å². The number of nitrogens with two attached hydrogens (primary N) is 1. The molecule has 1 aromatic heterocycles. The summed E-state index contributed by atoms with van der Waals surface area (Å²) >= 11 is 6.50. The van der Waals surface area contributed by atoms with Crippen LogP contribution >= 0.6 is 20.8 Å². The van der Waals surface area contributed by atoms with Crippen LogP contribution in [0, 0.1) is 28.6 Å². The monoisotopic (exact) mass is 557 g/mol. The van der Waals surface area contributed by atoms with Gasteiger partial charge in [-0.1, -0.05) is 24.6 Å². The Morgan fingerprint density at radius 3 is 2.84 bits per heavy atom. The number of nitriles is 1. The standard InChI is InChI=1S/C28H37ClN5O3P/c1-3-18-5-4-6-22(29)20(18)16-37-23-24(38)19(15-33-25(23)31)27(36)34-11-8-28(9-12-34)13-21(28)26(35)32-10-7-17(2)14-30/h5,15,17,21H,3-4,6-13,16,38H2,1-2H3,(H2,31,33)(H,32,35). The molecule has 2 aliphatic carbocycles. The van der Waals surface area contributed by atoms with E-state index in [0.717, 1.165) is 49.1 Å². The molecule has 3 N–H and O–H groups in total. The number of likely N-dealkylation sites (tertiary alicyclic amines) is 1. The first-order chi connectivity index (χ1) is 18.2. The fourth-order valence-electron chi connectivity index (χ4n) is 5.54. The molecule has 2 fully saturated rings. The van der Waals surface area contributed by atoms with Crippen LogP contribution in [0.25, 0.3) is 0 Å². The minimum absolute atomic E-state index is 0.00407. The first kappa shape index (κ1) is 28.4. The van der Waals surface area contributed by atoms with Crippen LogP contribution in [0.4, 0.5) is 5.82 Å². The number of nitrogen functional groups attached to an aromatic ring is 1. The molecule has 2 amide bonds. The van der Waals surface area contributed by atoms with Gasteiger partial charge < -0.3 is 20.7 Å². The van der Waals surface area contributed by atoms with Crippen molar-refractivity contribution in [3.8, 4) is 11.8 Å². The average Bonchev–Trinajstić information content (AvgIpc) is 3.62. The fourth-order valence-corrected chi connectivity index (χ4v) is 6.25. The highest BCUT2D eigenvalue weighted by Gasteiger charge is 2.58. The number of allylic oxidation sites excluding steroid dienone is 2. The number of ether oxygens (including phenoxy) is 1. The molecule has 0 aromatic carbocycles. The number of carbonyl (C=O) groups is 2. The summed E-state index contributed by atoms with van der Waals surface area (Å²) < 4.78 is 6.10. The van der Waals surface area contributed by atoms with Crippen molar-refractivity contribution in [3.05, 3.63) is 34.0 Å². The number of halogens is 1. The molecular weight excluding hydrogens is 521 g/mol. The van der Waals surface area contributed by atoms with E-state index in [1.807, 2.05) is 11.8 Å². The van der Waals surface area contributed by atoms with Gasteiger partial charge in [0.2, 0.25) is 5.91 Å². The molecule has 10 heteroatoms. The third-order valence-electron chi connectivity index (χ3n) is 8.19. The van der Waals surface area contributed by atoms with Gasteiger partial charge in [-0.2, -0.15) is 5.26 Å². The molecule has 204 valence electrons. The zero-order valence-electron chi connectivity index (χ0n) is 22.2. The minimum atomic E-state index is -0.113. The quantitative estimate of drug-likeness (QED) is 0.441. The fraction of sp³-hybridized carbons (Fsp3) is 0.571. The summed E-state index contributed by atoms with van der Waals surface area (Å²) in [6.45, 7) is 5.92. The first-order valence-electron chi connectivity index (χ1n) is 13.4. The van der Waals surface area contributed by atoms with Gasteiger partial charge in [-0.15, -0.1) is 9.24 Å². The van der Waals surface area contributed by atoms with Crippen LogP contribution in [-0.4, -0.2) is 47.9 Å². The highest BCUT2D eigenvalue weighted by atomic mass is 35.5. The second-order valence-corrected chi connectivity index (χ2v) is 11.6. The van der Waals surface area contributed by atoms with Crippen molar-refractivity contribution in [2.45, 2.75) is 58.8 Å². The van der Waals surface area contributed by atoms with Gasteiger partial charge in [0.25, 0.3) is 5.91 Å². The molecule has 0 radical (unpaired) electrons. The number of hydrogen-bond acceptors (Lipinski definition) is 6. The molecule has 1 spiro atoms. The number of rotatable bonds is 9. The Kier molecular flexibility index (Phi) is 9.00. The number of pyridine rings is 1. The Morgan fingerprint density at radius 2 is 2.16 bits per heavy atom. The van der Waals surface area contributed by atoms with E-state index >= 15 is 0 Å². The first-order valence-corrected chi connectivity index (χ1v) is 14.4. The number of nitrogens with zero attached hydrogens (tertiary/aromatic N) is 3. The highest BCUT2D eigenvalue weighted by molar-refractivity contribution is 7.28. The number of hydrogen-bond donors (Lipinski definition) is 2. The highest BCUT2D eigenvalue weighted by Crippen LogP contribution is 2.59. The third kappa shape index (κ3) is 6.00. The van der Waals surface area contributed by atoms with E-state index in [9.17, 15) is 9.59 Å². The van der Waals surface area contributed by atoms with E-state index in [0.29, 0.717) is 42.7 Å². The zero-order valence-corrected chi connectivity index (χ0v) is 24.1. The topological polar surface area (TPSA) is 121 Å². The Bertz CT molecular complexity index is 1200. The van der Waals surface area contributed by atoms with Crippen LogP contribution in [0.2, 0.25) is 0 Å². The molecule has 0 bridgehead atoms. The summed E-state index contributed by atoms with van der Waals surface area (Å²) in [5.74, 6) is 0.502. The number of anilines is 1. The summed E-state index contributed by atoms with van der Waals surface area (Å²) in [5, 5.41) is 13.3. The second kappa shape index (κ2) is 12.1. The average molecular weight is 558 g/mol. The van der Waals surface area contributed by atoms with E-state index in [1.165, 1.54) is 11.8 Å². The molecule has 1 aromatic rings. The summed E-state index contributed by atoms with van der Waals surface area (Å²) in [6.07, 6.45) is 9.40. The lowest BCUT2D eigenvalue weighted by atomic mass is 9.90. The zero-order chi connectivity index (χ0) is 27.4. The number of carbonyl (C=O) groups excluding carboxylic acids is 2. The van der Waals surface area contributed by atoms with Gasteiger partial charge in [0.15, 0.2) is 11.6 Å². The summed E-state index contributed by atoms with van der Waals surface area (Å²) in [4.78, 5) is 32.1. The molecule has 3 aliphatic rings. The van der Waals surface area contributed by atoms with E-state index in [2.05, 4.69) is 38.6 Å². The number of aromatic nitrogens is 1. The van der Waals surface area contributed by atoms with Gasteiger partial charge in [-0.05, 0) is 62.9 Å². The van der Waals surface area contributed by atoms with Crippen LogP contribution in [0.5, 0.6) is 5.75 Å². The maximum absolute atomic E-state index is 13.5. The Morgan fingerprint density at radius 1 is 1.42 bits per heavy atom. The molecule has 3 atom stereocenters. The van der Waals surface area contributed by atoms with Crippen molar-refractivity contribution in [2.24, 2.45) is 17.3 Å². The van der Waals surface area contributed by atoms with Gasteiger partial charge >= 0.3 is 0 Å². The molecule has 2 heterocycles. The van der Waals surface area contributed by atoms with Crippen molar-refractivity contribution in [1.29, 1.82) is 5.26 Å². The maximum atomic E-state index is 13.5. The SMILES string of the molecule is CCC1=CCCC(Cl)=C1COc1c(N)ncc(C(=O)N2CCC3(CC2)CC3C(=O)NCCC(C)C#N)c1P. The van der Waals surface area contributed by atoms with Crippen molar-refractivity contribution >= 4 is 43.8 Å². The largest absolute Gasteiger partial charge is 0.484 e. The van der Waals surface area contributed by atoms with Gasteiger partial charge in [-0.25, -0.2) is 4.98 Å². The Hall–Kier alpha value is -2.62. The lowest BCUT2D eigenvalue weighted by Crippen LogP contribution is -2.42. The van der Waals surface area contributed by atoms with Gasteiger partial charge in [0.1, 0.15) is 6.61 Å². The Balaban J connectivity index is 1.36. The van der Waals surface area contributed by atoms with Crippen molar-refractivity contribution in [1.82, 2.24) is 15.2 Å². The Labute approximate surface area is 232 Å². The number of amides is 2. The van der Waals surface area contributed by atoms with E-state index in [-0.39, 0.29) is 41.5 Å². The van der Waals surface area contributed by atoms with E-state index < -0.39 is 0 Å². The van der Waals surface area contributed by atoms with Gasteiger partial charge in [0.05, 0.1) is 11.6 Å². The van der Waals surface area contributed by atoms with Crippen molar-refractivity contribution < 1.29 is 14.3 Å². The molecule has 38 heavy (non-hydrogen) atoms. The minimum Gasteiger partial charge on any atom is -0.484 e. The van der Waals surface area contributed by atoms with Crippen LogP contribution in [0.1, 0.15) is 69.2 Å². The van der Waals surface area contributed by atoms with E-state index in [1.54, 1.807) is 0 Å². The molecule has 1 saturated carbocycles. The lowest BCUT2D eigenvalue weighted by Gasteiger charge is -2.33. The summed E-state index contributed by atoms with van der Waals surface area (Å²) in [7, 11) is 2.60. The molecule has 1 saturated heterocycles. The smallest absolute Gasteiger partial charge is 0.256 e. The molecule has 1 aliphatic heterocycles. The van der Waals surface area contributed by atoms with Crippen LogP contribution < -0.4 is 21.1 Å². The van der Waals surface area contributed by atoms with Crippen molar-refractivity contribution in [3.63, 3.8) is 0 Å². The normalized spacial score (nSPS) is 21.0. The number of piperidine rings is 1. The maximum Gasteiger partial charge on any atom is 0.256 e. The second-order valence-electron chi connectivity index (χ2n) is 10.6. The predicted molar refractivity (Wildman–Crippen MR) is 152 cm³/mol. The van der Waals surface area contributed by atoms with E-state index in [4.69, 9.17) is 27.3 Å². The molecule has 4 rings (SSSR count). The molecular formula is C28H37ClN5O3P.